The van der Waals surface area contributed by atoms with E-state index < -0.39 is 10.7 Å². The van der Waals surface area contributed by atoms with Gasteiger partial charge in [0.1, 0.15) is 17.9 Å². The van der Waals surface area contributed by atoms with Gasteiger partial charge in [-0.3, -0.25) is 10.1 Å². The fraction of sp³-hybridized carbons (Fsp3) is 0.111. The number of nitro groups is 1. The van der Waals surface area contributed by atoms with Crippen molar-refractivity contribution in [1.82, 2.24) is 9.97 Å². The number of aromatic nitrogens is 2. The fourth-order valence-corrected chi connectivity index (χ4v) is 2.39. The molecule has 8 nitrogen and oxygen atoms in total. The minimum Gasteiger partial charge on any atom is -0.497 e. The Hall–Kier alpha value is -3.75. The summed E-state index contributed by atoms with van der Waals surface area (Å²) in [7, 11) is 1.57. The molecule has 0 amide bonds. The van der Waals surface area contributed by atoms with Crippen LogP contribution >= 0.6 is 0 Å². The predicted octanol–water partition coefficient (Wildman–Crippen LogP) is 3.89. The van der Waals surface area contributed by atoms with Gasteiger partial charge in [-0.1, -0.05) is 24.3 Å². The number of nitrogens with zero attached hydrogens (tertiary/aromatic N) is 3. The van der Waals surface area contributed by atoms with Crippen molar-refractivity contribution >= 4 is 23.0 Å². The normalized spacial score (nSPS) is 10.3. The molecule has 0 aliphatic rings. The molecule has 0 aliphatic heterocycles. The Kier molecular flexibility index (Phi) is 5.41. The van der Waals surface area contributed by atoms with Crippen LogP contribution in [-0.2, 0) is 6.54 Å². The van der Waals surface area contributed by atoms with Gasteiger partial charge >= 0.3 is 5.69 Å². The second kappa shape index (κ2) is 8.09. The number of benzene rings is 2. The third kappa shape index (κ3) is 4.27. The molecule has 1 aromatic heterocycles. The summed E-state index contributed by atoms with van der Waals surface area (Å²) in [6, 6.07) is 13.1. The molecular weight excluding hydrogens is 353 g/mol. The van der Waals surface area contributed by atoms with Gasteiger partial charge in [0, 0.05) is 6.54 Å². The smallest absolute Gasteiger partial charge is 0.353 e. The summed E-state index contributed by atoms with van der Waals surface area (Å²) in [4.78, 5) is 18.8. The number of halogens is 1. The molecule has 0 saturated carbocycles. The Morgan fingerprint density at radius 1 is 1.11 bits per heavy atom. The van der Waals surface area contributed by atoms with E-state index in [1.54, 1.807) is 25.3 Å². The van der Waals surface area contributed by atoms with Crippen LogP contribution in [-0.4, -0.2) is 22.0 Å². The topological polar surface area (TPSA) is 102 Å². The first-order chi connectivity index (χ1) is 13.1. The van der Waals surface area contributed by atoms with Crippen molar-refractivity contribution in [2.45, 2.75) is 6.54 Å². The maximum Gasteiger partial charge on any atom is 0.353 e. The van der Waals surface area contributed by atoms with Crippen LogP contribution in [0.4, 0.5) is 27.4 Å². The second-order valence-corrected chi connectivity index (χ2v) is 5.48. The highest BCUT2D eigenvalue weighted by atomic mass is 19.1. The molecule has 1 heterocycles. The van der Waals surface area contributed by atoms with Crippen LogP contribution in [0.1, 0.15) is 5.56 Å². The van der Waals surface area contributed by atoms with E-state index in [2.05, 4.69) is 20.6 Å². The number of rotatable bonds is 7. The third-order valence-corrected chi connectivity index (χ3v) is 3.75. The first-order valence-corrected chi connectivity index (χ1v) is 7.96. The van der Waals surface area contributed by atoms with Crippen LogP contribution in [0.5, 0.6) is 5.75 Å². The van der Waals surface area contributed by atoms with Crippen molar-refractivity contribution in [3.05, 3.63) is 76.4 Å². The van der Waals surface area contributed by atoms with E-state index >= 15 is 0 Å². The molecule has 138 valence electrons. The minimum atomic E-state index is -0.612. The molecule has 0 atom stereocenters. The molecule has 0 fully saturated rings. The SMILES string of the molecule is COc1ccc(CNc2ncnc(Nc3ccccc3F)c2[N+](=O)[O-])cc1. The zero-order valence-corrected chi connectivity index (χ0v) is 14.3. The molecular formula is C18H16FN5O3. The van der Waals surface area contributed by atoms with E-state index in [0.717, 1.165) is 5.56 Å². The van der Waals surface area contributed by atoms with Crippen molar-refractivity contribution in [1.29, 1.82) is 0 Å². The first kappa shape index (κ1) is 18.1. The van der Waals surface area contributed by atoms with Gasteiger partial charge in [0.05, 0.1) is 17.7 Å². The molecule has 9 heteroatoms. The highest BCUT2D eigenvalue weighted by Crippen LogP contribution is 2.32. The average molecular weight is 369 g/mol. The highest BCUT2D eigenvalue weighted by Gasteiger charge is 2.23. The molecule has 2 N–H and O–H groups in total. The Morgan fingerprint density at radius 3 is 2.48 bits per heavy atom. The lowest BCUT2D eigenvalue weighted by Crippen LogP contribution is -2.08. The third-order valence-electron chi connectivity index (χ3n) is 3.75. The molecule has 0 aliphatic carbocycles. The zero-order chi connectivity index (χ0) is 19.2. The van der Waals surface area contributed by atoms with E-state index in [1.807, 2.05) is 12.1 Å². The van der Waals surface area contributed by atoms with Crippen LogP contribution < -0.4 is 15.4 Å². The van der Waals surface area contributed by atoms with Crippen LogP contribution in [0, 0.1) is 15.9 Å². The maximum atomic E-state index is 13.8. The largest absolute Gasteiger partial charge is 0.497 e. The van der Waals surface area contributed by atoms with Gasteiger partial charge in [-0.2, -0.15) is 0 Å². The van der Waals surface area contributed by atoms with Gasteiger partial charge in [0.2, 0.25) is 11.6 Å². The first-order valence-electron chi connectivity index (χ1n) is 7.96. The number of hydrogen-bond donors (Lipinski definition) is 2. The monoisotopic (exact) mass is 369 g/mol. The van der Waals surface area contributed by atoms with Crippen molar-refractivity contribution < 1.29 is 14.1 Å². The van der Waals surface area contributed by atoms with Crippen LogP contribution in [0.25, 0.3) is 0 Å². The zero-order valence-electron chi connectivity index (χ0n) is 14.3. The van der Waals surface area contributed by atoms with Gasteiger partial charge in [-0.25, -0.2) is 14.4 Å². The van der Waals surface area contributed by atoms with Crippen LogP contribution in [0.3, 0.4) is 0 Å². The summed E-state index contributed by atoms with van der Waals surface area (Å²) < 4.78 is 18.9. The highest BCUT2D eigenvalue weighted by molar-refractivity contribution is 5.73. The lowest BCUT2D eigenvalue weighted by atomic mass is 10.2. The van der Waals surface area contributed by atoms with Crippen LogP contribution in [0.15, 0.2) is 54.9 Å². The van der Waals surface area contributed by atoms with Gasteiger partial charge in [0.15, 0.2) is 0 Å². The van der Waals surface area contributed by atoms with Crippen LogP contribution in [0.2, 0.25) is 0 Å². The molecule has 2 aromatic carbocycles. The number of nitrogens with one attached hydrogen (secondary N) is 2. The Morgan fingerprint density at radius 2 is 1.81 bits per heavy atom. The van der Waals surface area contributed by atoms with Gasteiger partial charge in [0.25, 0.3) is 0 Å². The Bertz CT molecular complexity index is 950. The standard InChI is InChI=1S/C18H16FN5O3/c1-27-13-8-6-12(7-9-13)10-20-17-16(24(25)26)18(22-11-21-17)23-15-5-3-2-4-14(15)19/h2-9,11H,10H2,1H3,(H2,20,21,22,23). The molecule has 0 spiro atoms. The summed E-state index contributed by atoms with van der Waals surface area (Å²) in [6.07, 6.45) is 1.17. The molecule has 0 bridgehead atoms. The van der Waals surface area contributed by atoms with Crippen molar-refractivity contribution in [2.24, 2.45) is 0 Å². The van der Waals surface area contributed by atoms with E-state index in [9.17, 15) is 14.5 Å². The van der Waals surface area contributed by atoms with Gasteiger partial charge < -0.3 is 15.4 Å². The fourth-order valence-electron chi connectivity index (χ4n) is 2.39. The molecule has 0 unspecified atom stereocenters. The molecule has 0 saturated heterocycles. The predicted molar refractivity (Wildman–Crippen MR) is 98.7 cm³/mol. The average Bonchev–Trinajstić information content (AvgIpc) is 2.68. The van der Waals surface area contributed by atoms with Crippen molar-refractivity contribution in [3.63, 3.8) is 0 Å². The van der Waals surface area contributed by atoms with E-state index in [-0.39, 0.29) is 23.0 Å². The molecule has 0 radical (unpaired) electrons. The van der Waals surface area contributed by atoms with Gasteiger partial charge in [-0.05, 0) is 29.8 Å². The maximum absolute atomic E-state index is 13.8. The lowest BCUT2D eigenvalue weighted by molar-refractivity contribution is -0.383. The molecule has 3 rings (SSSR count). The summed E-state index contributed by atoms with van der Waals surface area (Å²) in [5.41, 5.74) is 0.599. The van der Waals surface area contributed by atoms with Crippen molar-refractivity contribution in [2.75, 3.05) is 17.7 Å². The summed E-state index contributed by atoms with van der Waals surface area (Å²) in [5.74, 6) is 0.100. The molecule has 27 heavy (non-hydrogen) atoms. The number of hydrogen-bond acceptors (Lipinski definition) is 7. The second-order valence-electron chi connectivity index (χ2n) is 5.48. The number of para-hydroxylation sites is 1. The van der Waals surface area contributed by atoms with E-state index in [0.29, 0.717) is 12.3 Å². The summed E-state index contributed by atoms with van der Waals surface area (Å²) >= 11 is 0. The summed E-state index contributed by atoms with van der Waals surface area (Å²) in [6.45, 7) is 0.307. The lowest BCUT2D eigenvalue weighted by Gasteiger charge is -2.11. The number of methoxy groups -OCH3 is 1. The summed E-state index contributed by atoms with van der Waals surface area (Å²) in [5, 5.41) is 17.1. The van der Waals surface area contributed by atoms with Crippen molar-refractivity contribution in [3.8, 4) is 5.75 Å². The Balaban J connectivity index is 1.84. The Labute approximate surface area is 154 Å². The minimum absolute atomic E-state index is 0.0321. The quantitative estimate of drug-likeness (QED) is 0.481. The van der Waals surface area contributed by atoms with Gasteiger partial charge in [-0.15, -0.1) is 0 Å². The molecule has 3 aromatic rings. The van der Waals surface area contributed by atoms with E-state index in [4.69, 9.17) is 4.74 Å². The van der Waals surface area contributed by atoms with E-state index in [1.165, 1.54) is 24.5 Å². The number of anilines is 3. The number of ether oxygens (including phenoxy) is 1.